The molecule has 0 bridgehead atoms. The molecule has 24 nitrogen and oxygen atoms in total. The van der Waals surface area contributed by atoms with E-state index in [1.54, 1.807) is 71.0 Å². The quantitative estimate of drug-likeness (QED) is 0.0344. The highest BCUT2D eigenvalue weighted by Gasteiger charge is 2.54. The van der Waals surface area contributed by atoms with Gasteiger partial charge in [0.15, 0.2) is 47.5 Å². The van der Waals surface area contributed by atoms with Gasteiger partial charge < -0.3 is 88.1 Å². The average Bonchev–Trinajstić information content (AvgIpc) is 0.778. The van der Waals surface area contributed by atoms with Gasteiger partial charge in [0, 0.05) is 49.3 Å². The third-order valence-corrected chi connectivity index (χ3v) is 15.3. The maximum absolute atomic E-state index is 14.4. The molecule has 8 atom stereocenters. The molecular formula is C66H64F2N2O22. The van der Waals surface area contributed by atoms with Gasteiger partial charge in [0.1, 0.15) is 69.4 Å². The number of ether oxygens (including phenoxy) is 10. The molecule has 6 aromatic carbocycles. The first-order valence-corrected chi connectivity index (χ1v) is 28.3. The number of benzene rings is 6. The first kappa shape index (κ1) is 66.5. The van der Waals surface area contributed by atoms with Crippen LogP contribution >= 0.6 is 0 Å². The van der Waals surface area contributed by atoms with Crippen LogP contribution in [0, 0.1) is 25.5 Å². The minimum Gasteiger partial charge on any atom is -0.507 e. The Hall–Kier alpha value is -9.96. The second-order valence-electron chi connectivity index (χ2n) is 22.4. The molecule has 484 valence electrons. The number of para-hydroxylation sites is 1. The number of carbonyl (C=O) groups excluding carboxylic acids is 4. The van der Waals surface area contributed by atoms with Crippen molar-refractivity contribution in [2.75, 3.05) is 14.2 Å². The Kier molecular flexibility index (Phi) is 19.7. The highest BCUT2D eigenvalue weighted by Crippen LogP contribution is 2.41. The number of Topliss-reactive ketones (excluding diaryl/α,β-unsaturated/α-hetero) is 2. The number of rotatable bonds is 18. The van der Waals surface area contributed by atoms with Gasteiger partial charge in [-0.2, -0.15) is 0 Å². The largest absolute Gasteiger partial charge is 0.507 e. The smallest absolute Gasteiger partial charge is 0.404 e. The minimum absolute atomic E-state index is 0.0119. The molecule has 0 radical (unpaired) electrons. The molecule has 0 saturated carbocycles. The summed E-state index contributed by atoms with van der Waals surface area (Å²) < 4.78 is 94.7. The number of halogens is 2. The van der Waals surface area contributed by atoms with Gasteiger partial charge >= 0.3 is 23.4 Å². The van der Waals surface area contributed by atoms with E-state index < -0.39 is 131 Å². The highest BCUT2D eigenvalue weighted by atomic mass is 19.1. The van der Waals surface area contributed by atoms with Crippen molar-refractivity contribution in [2.45, 2.75) is 115 Å². The van der Waals surface area contributed by atoms with Crippen LogP contribution in [0.1, 0.15) is 70.7 Å². The van der Waals surface area contributed by atoms with Gasteiger partial charge in [-0.15, -0.1) is 0 Å². The minimum atomic E-state index is -1.54. The van der Waals surface area contributed by atoms with Crippen LogP contribution < -0.4 is 41.7 Å². The van der Waals surface area contributed by atoms with Crippen LogP contribution in [0.4, 0.5) is 18.4 Å². The summed E-state index contributed by atoms with van der Waals surface area (Å²) in [4.78, 5) is 75.3. The van der Waals surface area contributed by atoms with E-state index in [1.807, 2.05) is 18.2 Å². The van der Waals surface area contributed by atoms with Gasteiger partial charge in [0.2, 0.25) is 12.6 Å². The van der Waals surface area contributed by atoms with Crippen molar-refractivity contribution in [3.8, 4) is 46.0 Å². The van der Waals surface area contributed by atoms with Crippen LogP contribution in [0.15, 0.2) is 140 Å². The van der Waals surface area contributed by atoms with Crippen LogP contribution in [0.25, 0.3) is 21.9 Å². The standard InChI is InChI=1S/C33H31F2NO11.C33H33NO11/c1-15-23(44-31-26(39)28(46-32(36)41)29(42-4)33(2,3)47-31)12-10-19-25(38)20(30(40)45-27(15)19)14-22(37)16-5-11-21(35)24(13-16)43-18-8-6-17(34)7-9-18;1-17-24(42-31-26(37)28(44-32(34)39)29(40-4)33(2,3)45-31)15-14-21-25(36)22(30(38)43-27(17)21)16-23(35)18-10-12-20(13-11-18)41-19-8-6-5-7-9-19/h5-13,26,28-29,31,38-39H,14H2,1-4H3,(H2,36,41);5-15,26,28-29,31,36-37H,16H2,1-4H3,(H2,34,39)/t2*26-,28+,29-,31-/m11/s1. The number of ketones is 2. The average molecular weight is 1280 g/mol. The normalized spacial score (nSPS) is 20.7. The molecule has 8 aromatic rings. The Morgan fingerprint density at radius 3 is 1.40 bits per heavy atom. The monoisotopic (exact) mass is 1270 g/mol. The number of methoxy groups -OCH3 is 2. The van der Waals surface area contributed by atoms with E-state index in [4.69, 9.17) is 67.7 Å². The van der Waals surface area contributed by atoms with E-state index in [-0.39, 0.29) is 67.2 Å². The fraction of sp³-hybridized carbons (Fsp3) is 0.303. The van der Waals surface area contributed by atoms with Crippen LogP contribution in [0.3, 0.4) is 0 Å². The van der Waals surface area contributed by atoms with Crippen molar-refractivity contribution in [2.24, 2.45) is 11.5 Å². The maximum Gasteiger partial charge on any atom is 0.404 e. The number of nitrogens with two attached hydrogens (primary N) is 2. The lowest BCUT2D eigenvalue weighted by Crippen LogP contribution is -2.65. The van der Waals surface area contributed by atoms with Crippen molar-refractivity contribution in [1.82, 2.24) is 0 Å². The zero-order chi connectivity index (χ0) is 66.7. The molecular weight excluding hydrogens is 1210 g/mol. The van der Waals surface area contributed by atoms with Crippen LogP contribution in [-0.2, 0) is 41.3 Å². The Labute approximate surface area is 522 Å². The fourth-order valence-corrected chi connectivity index (χ4v) is 10.8. The second-order valence-corrected chi connectivity index (χ2v) is 22.4. The summed E-state index contributed by atoms with van der Waals surface area (Å²) in [5, 5.41) is 44.2. The Morgan fingerprint density at radius 2 is 0.957 bits per heavy atom. The van der Waals surface area contributed by atoms with E-state index in [0.717, 1.165) is 24.3 Å². The predicted molar refractivity (Wildman–Crippen MR) is 321 cm³/mol. The number of primary amides is 2. The number of aliphatic hydroxyl groups excluding tert-OH is 2. The number of hydrogen-bond donors (Lipinski definition) is 6. The number of amides is 2. The molecule has 2 aromatic heterocycles. The molecule has 2 amide bonds. The summed E-state index contributed by atoms with van der Waals surface area (Å²) in [5.41, 5.74) is 6.55. The number of carbonyl (C=O) groups is 4. The molecule has 26 heteroatoms. The molecule has 2 saturated heterocycles. The lowest BCUT2D eigenvalue weighted by atomic mass is 9.89. The number of hydrogen-bond acceptors (Lipinski definition) is 22. The summed E-state index contributed by atoms with van der Waals surface area (Å²) in [6.45, 7) is 9.72. The summed E-state index contributed by atoms with van der Waals surface area (Å²) >= 11 is 0. The lowest BCUT2D eigenvalue weighted by molar-refractivity contribution is -0.304. The van der Waals surface area contributed by atoms with Crippen LogP contribution in [0.2, 0.25) is 0 Å². The van der Waals surface area contributed by atoms with E-state index in [1.165, 1.54) is 63.6 Å². The summed E-state index contributed by atoms with van der Waals surface area (Å²) in [6.07, 6.45) is -13.2. The summed E-state index contributed by atoms with van der Waals surface area (Å²) in [7, 11) is 2.73. The zero-order valence-electron chi connectivity index (χ0n) is 50.6. The zero-order valence-corrected chi connectivity index (χ0v) is 50.6. The number of aryl methyl sites for hydroxylation is 2. The molecule has 8 N–H and O–H groups in total. The van der Waals surface area contributed by atoms with Gasteiger partial charge in [-0.3, -0.25) is 9.59 Å². The molecule has 4 heterocycles. The first-order valence-electron chi connectivity index (χ1n) is 28.3. The van der Waals surface area contributed by atoms with E-state index in [9.17, 15) is 58.0 Å². The Bertz CT molecular complexity index is 4190. The Morgan fingerprint density at radius 1 is 0.543 bits per heavy atom. The van der Waals surface area contributed by atoms with E-state index in [0.29, 0.717) is 22.6 Å². The van der Waals surface area contributed by atoms with Crippen LogP contribution in [0.5, 0.6) is 46.0 Å². The van der Waals surface area contributed by atoms with Gasteiger partial charge in [0.25, 0.3) is 0 Å². The fourth-order valence-electron chi connectivity index (χ4n) is 10.8. The van der Waals surface area contributed by atoms with Gasteiger partial charge in [-0.1, -0.05) is 18.2 Å². The van der Waals surface area contributed by atoms with E-state index >= 15 is 0 Å². The summed E-state index contributed by atoms with van der Waals surface area (Å²) in [5.74, 6) is -2.02. The Balaban J connectivity index is 0.000000218. The molecule has 10 rings (SSSR count). The first-order chi connectivity index (χ1) is 43.6. The van der Waals surface area contributed by atoms with Crippen molar-refractivity contribution in [3.05, 3.63) is 187 Å². The molecule has 2 fully saturated rings. The van der Waals surface area contributed by atoms with Crippen molar-refractivity contribution >= 4 is 45.7 Å². The summed E-state index contributed by atoms with van der Waals surface area (Å²) in [6, 6.07) is 29.5. The van der Waals surface area contributed by atoms with E-state index in [2.05, 4.69) is 0 Å². The van der Waals surface area contributed by atoms with Gasteiger partial charge in [-0.25, -0.2) is 28.0 Å². The molecule has 0 unspecified atom stereocenters. The third kappa shape index (κ3) is 14.3. The van der Waals surface area contributed by atoms with Crippen molar-refractivity contribution in [1.29, 1.82) is 0 Å². The molecule has 92 heavy (non-hydrogen) atoms. The third-order valence-electron chi connectivity index (χ3n) is 15.3. The number of aromatic hydroxyl groups is 2. The molecule has 0 aliphatic carbocycles. The number of fused-ring (bicyclic) bond motifs is 2. The van der Waals surface area contributed by atoms with Gasteiger partial charge in [-0.05, 0) is 145 Å². The van der Waals surface area contributed by atoms with Crippen LogP contribution in [-0.4, -0.2) is 119 Å². The van der Waals surface area contributed by atoms with Crippen molar-refractivity contribution < 1.29 is 105 Å². The molecule has 0 spiro atoms. The maximum atomic E-state index is 14.4. The predicted octanol–water partition coefficient (Wildman–Crippen LogP) is 9.03. The second kappa shape index (κ2) is 27.2. The topological polar surface area (TPSA) is 354 Å². The molecule has 2 aliphatic heterocycles. The molecule has 2 aliphatic rings. The highest BCUT2D eigenvalue weighted by molar-refractivity contribution is 6.00. The SMILES string of the molecule is CO[C@@H]1[C@@H](OC(N)=O)[C@@H](O)[C@H](Oc2ccc3c(O)c(CC(=O)c4ccc(F)c(Oc5ccc(F)cc5)c4)c(=O)oc3c2C)OC1(C)C.CO[C@@H]1[C@@H](OC(N)=O)[C@@H](O)[C@H](Oc2ccc3c(O)c(CC(=O)c4ccc(Oc5ccccc5)cc4)c(=O)oc3c2C)OC1(C)C. The number of aliphatic hydroxyl groups is 2. The van der Waals surface area contributed by atoms with Gasteiger partial charge in [0.05, 0.1) is 33.1 Å². The van der Waals surface area contributed by atoms with Crippen molar-refractivity contribution in [3.63, 3.8) is 0 Å². The lowest BCUT2D eigenvalue weighted by Gasteiger charge is -2.47.